The van der Waals surface area contributed by atoms with E-state index in [0.29, 0.717) is 0 Å². The third kappa shape index (κ3) is 153. The van der Waals surface area contributed by atoms with Crippen LogP contribution in [0.15, 0.2) is 0 Å². The van der Waals surface area contributed by atoms with Crippen molar-refractivity contribution in [1.29, 1.82) is 0 Å². The van der Waals surface area contributed by atoms with Crippen LogP contribution in [0.2, 0.25) is 0 Å². The molecule has 7 heavy (non-hydrogen) atoms. The van der Waals surface area contributed by atoms with Crippen LogP contribution in [0, 0.1) is 0 Å². The van der Waals surface area contributed by atoms with Crippen LogP contribution in [-0.2, 0) is 34.1 Å². The van der Waals surface area contributed by atoms with Crippen LogP contribution in [0.25, 0.3) is 0 Å². The fraction of sp³-hybridized carbons (Fsp3) is 0. The van der Waals surface area contributed by atoms with Gasteiger partial charge in [0.2, 0.25) is 0 Å². The third-order valence-corrected chi connectivity index (χ3v) is 0. The quantitative estimate of drug-likeness (QED) is 0.333. The largest absolute Gasteiger partial charge is 0.668 e. The van der Waals surface area contributed by atoms with Crippen LogP contribution in [-0.4, -0.2) is 28.2 Å². The van der Waals surface area contributed by atoms with E-state index in [9.17, 15) is 0 Å². The van der Waals surface area contributed by atoms with Crippen LogP contribution in [0.5, 0.6) is 0 Å². The second kappa shape index (κ2) is 5.24. The normalized spacial score (nSPS) is 8.57. The van der Waals surface area contributed by atoms with E-state index < -0.39 is 9.05 Å². The smallest absolute Gasteiger partial charge is 0.368 e. The Morgan fingerprint density at radius 2 is 0.857 bits per heavy atom. The molecule has 50 valence electrons. The van der Waals surface area contributed by atoms with E-state index in [1.54, 1.807) is 0 Å². The molecule has 0 unspecified atom stereocenters. The van der Waals surface area contributed by atoms with E-state index in [2.05, 4.69) is 0 Å². The molecule has 4 nitrogen and oxygen atoms in total. The monoisotopic (exact) mass is 214 g/mol. The first-order chi connectivity index (χ1) is 2.00. The standard InChI is InChI=1S/Cu.Mn.H4O4Si/c;;1-5(2,3)4/h;;1-4H. The molecule has 0 saturated heterocycles. The number of rotatable bonds is 0. The molecule has 0 amide bonds. The molecule has 7 heteroatoms. The zero-order valence-corrected chi connectivity index (χ0v) is 6.09. The van der Waals surface area contributed by atoms with Crippen molar-refractivity contribution < 1.29 is 53.3 Å². The maximum Gasteiger partial charge on any atom is 0.668 e. The minimum absolute atomic E-state index is 0. The Bertz CT molecular complexity index is 27.2. The summed E-state index contributed by atoms with van der Waals surface area (Å²) in [7, 11) is -4.61. The van der Waals surface area contributed by atoms with Gasteiger partial charge in [-0.1, -0.05) is 0 Å². The third-order valence-electron chi connectivity index (χ3n) is 0. The summed E-state index contributed by atoms with van der Waals surface area (Å²) >= 11 is 0. The average molecular weight is 215 g/mol. The van der Waals surface area contributed by atoms with Crippen LogP contribution >= 0.6 is 0 Å². The van der Waals surface area contributed by atoms with E-state index in [4.69, 9.17) is 19.2 Å². The Balaban J connectivity index is -0.0000000800. The van der Waals surface area contributed by atoms with Crippen LogP contribution < -0.4 is 0 Å². The number of hydrogen-bond acceptors (Lipinski definition) is 4. The Kier molecular flexibility index (Phi) is 11.7. The molecule has 0 spiro atoms. The van der Waals surface area contributed by atoms with E-state index in [1.165, 1.54) is 0 Å². The van der Waals surface area contributed by atoms with Gasteiger partial charge in [-0.25, -0.2) is 0 Å². The molecule has 0 aliphatic carbocycles. The first-order valence-electron chi connectivity index (χ1n) is 0.894. The van der Waals surface area contributed by atoms with Gasteiger partial charge >= 0.3 is 9.05 Å². The molecular weight excluding hydrogens is 211 g/mol. The van der Waals surface area contributed by atoms with Gasteiger partial charge in [0.15, 0.2) is 0 Å². The van der Waals surface area contributed by atoms with Crippen molar-refractivity contribution >= 4 is 9.05 Å². The molecule has 0 heterocycles. The van der Waals surface area contributed by atoms with Gasteiger partial charge in [-0.2, -0.15) is 0 Å². The summed E-state index contributed by atoms with van der Waals surface area (Å²) in [6.45, 7) is 0. The van der Waals surface area contributed by atoms with Crippen LogP contribution in [0.3, 0.4) is 0 Å². The molecule has 0 aromatic carbocycles. The first-order valence-corrected chi connectivity index (χ1v) is 2.68. The van der Waals surface area contributed by atoms with Crippen molar-refractivity contribution in [2.24, 2.45) is 0 Å². The SMILES string of the molecule is O[Si](O)(O)O.[Cu].[Mn]. The average Bonchev–Trinajstić information content (AvgIpc) is 0.722. The molecule has 0 atom stereocenters. The van der Waals surface area contributed by atoms with Crippen LogP contribution in [0.4, 0.5) is 0 Å². The van der Waals surface area contributed by atoms with Gasteiger partial charge in [-0.15, -0.1) is 0 Å². The molecule has 0 rings (SSSR count). The van der Waals surface area contributed by atoms with Crippen molar-refractivity contribution in [3.8, 4) is 0 Å². The van der Waals surface area contributed by atoms with Crippen molar-refractivity contribution in [3.05, 3.63) is 0 Å². The predicted molar refractivity (Wildman–Crippen MR) is 14.6 cm³/mol. The maximum atomic E-state index is 7.33. The van der Waals surface area contributed by atoms with E-state index >= 15 is 0 Å². The molecule has 0 saturated carbocycles. The van der Waals surface area contributed by atoms with Crippen molar-refractivity contribution in [3.63, 3.8) is 0 Å². The summed E-state index contributed by atoms with van der Waals surface area (Å²) in [5.41, 5.74) is 0. The van der Waals surface area contributed by atoms with Gasteiger partial charge in [-0.05, 0) is 0 Å². The zero-order valence-electron chi connectivity index (χ0n) is 2.97. The Hall–Kier alpha value is 1.10. The van der Waals surface area contributed by atoms with Gasteiger partial charge in [0, 0.05) is 34.1 Å². The fourth-order valence-corrected chi connectivity index (χ4v) is 0. The van der Waals surface area contributed by atoms with Gasteiger partial charge in [0.1, 0.15) is 0 Å². The predicted octanol–water partition coefficient (Wildman–Crippen LogP) is -2.61. The Morgan fingerprint density at radius 3 is 0.857 bits per heavy atom. The molecule has 0 aliphatic rings. The van der Waals surface area contributed by atoms with Gasteiger partial charge in [0.25, 0.3) is 0 Å². The van der Waals surface area contributed by atoms with E-state index in [0.717, 1.165) is 0 Å². The summed E-state index contributed by atoms with van der Waals surface area (Å²) < 4.78 is 0. The van der Waals surface area contributed by atoms with Crippen molar-refractivity contribution in [2.45, 2.75) is 0 Å². The van der Waals surface area contributed by atoms with Gasteiger partial charge in [-0.3, -0.25) is 0 Å². The summed E-state index contributed by atoms with van der Waals surface area (Å²) in [4.78, 5) is 29.3. The maximum absolute atomic E-state index is 7.33. The van der Waals surface area contributed by atoms with Crippen molar-refractivity contribution in [1.82, 2.24) is 0 Å². The Labute approximate surface area is 62.6 Å². The summed E-state index contributed by atoms with van der Waals surface area (Å²) in [5.74, 6) is 0. The molecule has 4 N–H and O–H groups in total. The number of hydrogen-bond donors (Lipinski definition) is 4. The molecule has 0 aliphatic heterocycles. The fourth-order valence-electron chi connectivity index (χ4n) is 0. The van der Waals surface area contributed by atoms with Gasteiger partial charge < -0.3 is 19.2 Å². The summed E-state index contributed by atoms with van der Waals surface area (Å²) in [5, 5.41) is 0. The summed E-state index contributed by atoms with van der Waals surface area (Å²) in [6.07, 6.45) is 0. The minimum Gasteiger partial charge on any atom is -0.368 e. The molecule has 0 bridgehead atoms. The molecule has 2 radical (unpaired) electrons. The second-order valence-corrected chi connectivity index (χ2v) is 1.80. The second-order valence-electron chi connectivity index (χ2n) is 0.600. The van der Waals surface area contributed by atoms with E-state index in [-0.39, 0.29) is 34.1 Å². The Morgan fingerprint density at radius 1 is 0.857 bits per heavy atom. The molecule has 0 aromatic heterocycles. The molecule has 0 aromatic rings. The summed E-state index contributed by atoms with van der Waals surface area (Å²) in [6, 6.07) is 0. The molecular formula is H4CuMnO4Si. The minimum atomic E-state index is -4.61. The zero-order chi connectivity index (χ0) is 4.50. The molecule has 0 fully saturated rings. The van der Waals surface area contributed by atoms with Crippen LogP contribution in [0.1, 0.15) is 0 Å². The first kappa shape index (κ1) is 15.7. The van der Waals surface area contributed by atoms with Crippen molar-refractivity contribution in [2.75, 3.05) is 0 Å². The topological polar surface area (TPSA) is 80.9 Å². The van der Waals surface area contributed by atoms with E-state index in [1.807, 2.05) is 0 Å². The van der Waals surface area contributed by atoms with Gasteiger partial charge in [0.05, 0.1) is 0 Å².